The van der Waals surface area contributed by atoms with Gasteiger partial charge in [0.25, 0.3) is 0 Å². The Kier molecular flexibility index (Phi) is 2.55. The second-order valence-electron chi connectivity index (χ2n) is 2.32. The Morgan fingerprint density at radius 3 is 2.89 bits per heavy atom. The highest BCUT2D eigenvalue weighted by Crippen LogP contribution is 2.08. The molecule has 0 aromatic rings. The van der Waals surface area contributed by atoms with Crippen molar-refractivity contribution in [2.75, 3.05) is 25.5 Å². The number of halogens is 1. The fourth-order valence-electron chi connectivity index (χ4n) is 1.01. The van der Waals surface area contributed by atoms with Crippen molar-refractivity contribution in [1.29, 1.82) is 0 Å². The molecule has 0 aliphatic carbocycles. The topological polar surface area (TPSA) is 3.24 Å². The molecule has 1 nitrogen and oxygen atoms in total. The number of likely N-dealkylation sites (N-methyl/N-ethyl adjacent to an activating group) is 1. The summed E-state index contributed by atoms with van der Waals surface area (Å²) in [6.07, 6.45) is 2.22. The van der Waals surface area contributed by atoms with Crippen molar-refractivity contribution in [2.24, 2.45) is 0 Å². The molecule has 52 valence electrons. The molecule has 1 heterocycles. The van der Waals surface area contributed by atoms with Gasteiger partial charge in [0.05, 0.1) is 0 Å². The van der Waals surface area contributed by atoms with E-state index in [9.17, 15) is 0 Å². The van der Waals surface area contributed by atoms with Gasteiger partial charge >= 0.3 is 0 Å². The maximum absolute atomic E-state index is 5.64. The minimum atomic E-state index is 0.705. The van der Waals surface area contributed by atoms with Gasteiger partial charge in [-0.15, -0.1) is 11.6 Å². The molecule has 0 amide bonds. The molecule has 0 spiro atoms. The first-order valence-corrected chi connectivity index (χ1v) is 3.86. The van der Waals surface area contributed by atoms with Crippen LogP contribution in [0.2, 0.25) is 0 Å². The lowest BCUT2D eigenvalue weighted by Crippen LogP contribution is -2.20. The van der Waals surface area contributed by atoms with Gasteiger partial charge in [-0.25, -0.2) is 0 Å². The lowest BCUT2D eigenvalue weighted by atomic mass is 10.3. The lowest BCUT2D eigenvalue weighted by molar-refractivity contribution is 0.369. The van der Waals surface area contributed by atoms with E-state index in [1.165, 1.54) is 5.57 Å². The first-order valence-electron chi connectivity index (χ1n) is 3.33. The molecule has 0 atom stereocenters. The predicted octanol–water partition coefficient (Wildman–Crippen LogP) is 1.49. The summed E-state index contributed by atoms with van der Waals surface area (Å²) in [4.78, 5) is 2.36. The smallest absolute Gasteiger partial charge is 0.0446 e. The van der Waals surface area contributed by atoms with Crippen molar-refractivity contribution >= 4 is 11.6 Å². The summed E-state index contributed by atoms with van der Waals surface area (Å²) in [5.41, 5.74) is 1.37. The minimum absolute atomic E-state index is 0.705. The van der Waals surface area contributed by atoms with Gasteiger partial charge < -0.3 is 0 Å². The van der Waals surface area contributed by atoms with Crippen LogP contribution in [0, 0.1) is 0 Å². The molecule has 2 heteroatoms. The molecular formula is C7H12ClN. The van der Waals surface area contributed by atoms with Crippen molar-refractivity contribution < 1.29 is 0 Å². The molecule has 0 aromatic carbocycles. The van der Waals surface area contributed by atoms with E-state index in [2.05, 4.69) is 17.9 Å². The average Bonchev–Trinajstić information content (AvgIpc) is 2.34. The van der Waals surface area contributed by atoms with Crippen molar-refractivity contribution in [1.82, 2.24) is 4.90 Å². The zero-order chi connectivity index (χ0) is 6.69. The van der Waals surface area contributed by atoms with Crippen LogP contribution in [-0.4, -0.2) is 30.4 Å². The van der Waals surface area contributed by atoms with E-state index in [4.69, 9.17) is 11.6 Å². The minimum Gasteiger partial charge on any atom is -0.296 e. The third-order valence-electron chi connectivity index (χ3n) is 1.68. The Morgan fingerprint density at radius 1 is 1.78 bits per heavy atom. The molecular weight excluding hydrogens is 134 g/mol. The third-order valence-corrected chi connectivity index (χ3v) is 2.03. The highest BCUT2D eigenvalue weighted by atomic mass is 35.5. The molecule has 1 aliphatic heterocycles. The molecule has 0 saturated carbocycles. The summed E-state index contributed by atoms with van der Waals surface area (Å²) in [7, 11) is 0. The molecule has 0 radical (unpaired) electrons. The highest BCUT2D eigenvalue weighted by Gasteiger charge is 2.09. The van der Waals surface area contributed by atoms with Gasteiger partial charge in [-0.3, -0.25) is 4.90 Å². The summed E-state index contributed by atoms with van der Waals surface area (Å²) >= 11 is 5.64. The summed E-state index contributed by atoms with van der Waals surface area (Å²) in [5.74, 6) is 0.705. The normalized spacial score (nSPS) is 20.4. The van der Waals surface area contributed by atoms with E-state index in [0.29, 0.717) is 5.88 Å². The van der Waals surface area contributed by atoms with Crippen LogP contribution in [-0.2, 0) is 0 Å². The Bertz CT molecular complexity index is 120. The van der Waals surface area contributed by atoms with E-state index in [1.807, 2.05) is 0 Å². The number of rotatable bonds is 2. The van der Waals surface area contributed by atoms with Gasteiger partial charge in [0, 0.05) is 19.0 Å². The van der Waals surface area contributed by atoms with Gasteiger partial charge in [-0.1, -0.05) is 13.0 Å². The fourth-order valence-corrected chi connectivity index (χ4v) is 1.21. The molecule has 1 aliphatic rings. The molecule has 0 aromatic heterocycles. The van der Waals surface area contributed by atoms with Crippen LogP contribution in [0.3, 0.4) is 0 Å². The van der Waals surface area contributed by atoms with E-state index >= 15 is 0 Å². The molecule has 0 saturated heterocycles. The second kappa shape index (κ2) is 3.23. The molecule has 9 heavy (non-hydrogen) atoms. The molecule has 0 N–H and O–H groups in total. The van der Waals surface area contributed by atoms with Crippen molar-refractivity contribution in [3.05, 3.63) is 11.6 Å². The largest absolute Gasteiger partial charge is 0.296 e. The number of hydrogen-bond donors (Lipinski definition) is 0. The summed E-state index contributed by atoms with van der Waals surface area (Å²) in [5, 5.41) is 0. The van der Waals surface area contributed by atoms with Crippen molar-refractivity contribution in [2.45, 2.75) is 6.92 Å². The fraction of sp³-hybridized carbons (Fsp3) is 0.714. The molecule has 0 unspecified atom stereocenters. The van der Waals surface area contributed by atoms with Crippen LogP contribution in [0.5, 0.6) is 0 Å². The first-order chi connectivity index (χ1) is 4.36. The average molecular weight is 146 g/mol. The van der Waals surface area contributed by atoms with Crippen LogP contribution in [0.4, 0.5) is 0 Å². The number of nitrogens with zero attached hydrogens (tertiary/aromatic N) is 1. The van der Waals surface area contributed by atoms with E-state index in [0.717, 1.165) is 19.6 Å². The van der Waals surface area contributed by atoms with Crippen molar-refractivity contribution in [3.63, 3.8) is 0 Å². The molecule has 0 fully saturated rings. The number of hydrogen-bond acceptors (Lipinski definition) is 1. The summed E-state index contributed by atoms with van der Waals surface area (Å²) < 4.78 is 0. The second-order valence-corrected chi connectivity index (χ2v) is 2.59. The zero-order valence-electron chi connectivity index (χ0n) is 5.73. The third kappa shape index (κ3) is 1.70. The molecule has 0 bridgehead atoms. The molecule has 1 rings (SSSR count). The Hall–Kier alpha value is -0.0100. The Balaban J connectivity index is 2.31. The van der Waals surface area contributed by atoms with Gasteiger partial charge in [-0.05, 0) is 12.1 Å². The predicted molar refractivity (Wildman–Crippen MR) is 40.9 cm³/mol. The maximum atomic E-state index is 5.64. The monoisotopic (exact) mass is 145 g/mol. The number of alkyl halides is 1. The summed E-state index contributed by atoms with van der Waals surface area (Å²) in [6.45, 7) is 5.49. The van der Waals surface area contributed by atoms with Gasteiger partial charge in [0.1, 0.15) is 0 Å². The first kappa shape index (κ1) is 7.10. The van der Waals surface area contributed by atoms with E-state index in [1.54, 1.807) is 0 Å². The Morgan fingerprint density at radius 2 is 2.56 bits per heavy atom. The summed E-state index contributed by atoms with van der Waals surface area (Å²) in [6, 6.07) is 0. The zero-order valence-corrected chi connectivity index (χ0v) is 6.49. The van der Waals surface area contributed by atoms with Gasteiger partial charge in [0.15, 0.2) is 0 Å². The highest BCUT2D eigenvalue weighted by molar-refractivity contribution is 6.19. The Labute approximate surface area is 61.3 Å². The van der Waals surface area contributed by atoms with E-state index < -0.39 is 0 Å². The van der Waals surface area contributed by atoms with Gasteiger partial charge in [0.2, 0.25) is 0 Å². The van der Waals surface area contributed by atoms with Crippen LogP contribution in [0.15, 0.2) is 11.6 Å². The van der Waals surface area contributed by atoms with E-state index in [-0.39, 0.29) is 0 Å². The van der Waals surface area contributed by atoms with Crippen LogP contribution >= 0.6 is 11.6 Å². The SMILES string of the molecule is CCN1CC=C(CCl)C1. The van der Waals surface area contributed by atoms with Gasteiger partial charge in [-0.2, -0.15) is 0 Å². The van der Waals surface area contributed by atoms with Crippen LogP contribution < -0.4 is 0 Å². The standard InChI is InChI=1S/C7H12ClN/c1-2-9-4-3-7(5-8)6-9/h3H,2,4-6H2,1H3. The van der Waals surface area contributed by atoms with Crippen LogP contribution in [0.25, 0.3) is 0 Å². The lowest BCUT2D eigenvalue weighted by Gasteiger charge is -2.10. The van der Waals surface area contributed by atoms with Crippen molar-refractivity contribution in [3.8, 4) is 0 Å². The quantitative estimate of drug-likeness (QED) is 0.421. The van der Waals surface area contributed by atoms with Crippen LogP contribution in [0.1, 0.15) is 6.92 Å². The maximum Gasteiger partial charge on any atom is 0.0446 e.